The molecule has 0 saturated heterocycles. The van der Waals surface area contributed by atoms with Crippen molar-refractivity contribution >= 4 is 11.8 Å². The summed E-state index contributed by atoms with van der Waals surface area (Å²) >= 11 is 1.74. The Hall–Kier alpha value is -1.05. The lowest BCUT2D eigenvalue weighted by Crippen LogP contribution is -2.17. The van der Waals surface area contributed by atoms with Gasteiger partial charge in [0.25, 0.3) is 0 Å². The largest absolute Gasteiger partial charge is 0.312 e. The standard InChI is InChI=1S/C11H13FN2S/c1-15-5-4-14-8-10-6-9(7-13)2-3-11(10)12/h2-3,6,14H,4-5,8H2,1H3. The smallest absolute Gasteiger partial charge is 0.127 e. The third-order valence-corrected chi connectivity index (χ3v) is 2.59. The molecule has 0 aliphatic heterocycles. The van der Waals surface area contributed by atoms with Gasteiger partial charge in [-0.25, -0.2) is 4.39 Å². The predicted octanol–water partition coefficient (Wildman–Crippen LogP) is 2.15. The first-order chi connectivity index (χ1) is 7.27. The van der Waals surface area contributed by atoms with Crippen molar-refractivity contribution in [3.63, 3.8) is 0 Å². The number of rotatable bonds is 5. The van der Waals surface area contributed by atoms with Crippen molar-refractivity contribution in [1.82, 2.24) is 5.32 Å². The van der Waals surface area contributed by atoms with Gasteiger partial charge in [-0.1, -0.05) is 0 Å². The van der Waals surface area contributed by atoms with Gasteiger partial charge in [0.15, 0.2) is 0 Å². The van der Waals surface area contributed by atoms with Crippen molar-refractivity contribution < 1.29 is 4.39 Å². The summed E-state index contributed by atoms with van der Waals surface area (Å²) in [6, 6.07) is 6.41. The van der Waals surface area contributed by atoms with Crippen LogP contribution in [0.2, 0.25) is 0 Å². The van der Waals surface area contributed by atoms with Crippen molar-refractivity contribution in [2.45, 2.75) is 6.54 Å². The van der Waals surface area contributed by atoms with Gasteiger partial charge in [-0.2, -0.15) is 17.0 Å². The molecule has 0 fully saturated rings. The van der Waals surface area contributed by atoms with Gasteiger partial charge >= 0.3 is 0 Å². The van der Waals surface area contributed by atoms with E-state index in [0.717, 1.165) is 12.3 Å². The van der Waals surface area contributed by atoms with E-state index < -0.39 is 0 Å². The van der Waals surface area contributed by atoms with Crippen LogP contribution in [0.3, 0.4) is 0 Å². The zero-order valence-corrected chi connectivity index (χ0v) is 9.40. The van der Waals surface area contributed by atoms with Crippen LogP contribution in [0.5, 0.6) is 0 Å². The van der Waals surface area contributed by atoms with Crippen molar-refractivity contribution in [3.05, 3.63) is 35.1 Å². The fraction of sp³-hybridized carbons (Fsp3) is 0.364. The van der Waals surface area contributed by atoms with Gasteiger partial charge in [0.05, 0.1) is 11.6 Å². The summed E-state index contributed by atoms with van der Waals surface area (Å²) in [4.78, 5) is 0. The predicted molar refractivity (Wildman–Crippen MR) is 61.2 cm³/mol. The molecule has 1 N–H and O–H groups in total. The fourth-order valence-corrected chi connectivity index (χ4v) is 1.53. The zero-order valence-electron chi connectivity index (χ0n) is 8.59. The lowest BCUT2D eigenvalue weighted by molar-refractivity contribution is 0.594. The molecule has 1 aromatic carbocycles. The lowest BCUT2D eigenvalue weighted by Gasteiger charge is -2.05. The number of hydrogen-bond acceptors (Lipinski definition) is 3. The van der Waals surface area contributed by atoms with Crippen LogP contribution < -0.4 is 5.32 Å². The zero-order chi connectivity index (χ0) is 11.1. The number of halogens is 1. The Morgan fingerprint density at radius 2 is 2.33 bits per heavy atom. The average Bonchev–Trinajstić information content (AvgIpc) is 2.26. The maximum Gasteiger partial charge on any atom is 0.127 e. The highest BCUT2D eigenvalue weighted by atomic mass is 32.2. The molecular weight excluding hydrogens is 211 g/mol. The molecule has 80 valence electrons. The molecule has 15 heavy (non-hydrogen) atoms. The summed E-state index contributed by atoms with van der Waals surface area (Å²) in [5.74, 6) is 0.741. The lowest BCUT2D eigenvalue weighted by atomic mass is 10.1. The molecule has 0 aliphatic rings. The van der Waals surface area contributed by atoms with E-state index in [4.69, 9.17) is 5.26 Å². The van der Waals surface area contributed by atoms with Gasteiger partial charge in [-0.3, -0.25) is 0 Å². The molecule has 0 unspecified atom stereocenters. The van der Waals surface area contributed by atoms with Gasteiger partial charge in [0.1, 0.15) is 5.82 Å². The van der Waals surface area contributed by atoms with Crippen LogP contribution in [0.4, 0.5) is 4.39 Å². The molecule has 0 amide bonds. The highest BCUT2D eigenvalue weighted by Gasteiger charge is 2.02. The summed E-state index contributed by atoms with van der Waals surface area (Å²) in [7, 11) is 0. The first-order valence-electron chi connectivity index (χ1n) is 4.66. The molecule has 2 nitrogen and oxygen atoms in total. The maximum absolute atomic E-state index is 13.3. The highest BCUT2D eigenvalue weighted by Crippen LogP contribution is 2.09. The molecule has 0 radical (unpaired) electrons. The molecule has 1 rings (SSSR count). The first-order valence-corrected chi connectivity index (χ1v) is 6.05. The van der Waals surface area contributed by atoms with Gasteiger partial charge in [0.2, 0.25) is 0 Å². The van der Waals surface area contributed by atoms with Crippen LogP contribution in [-0.2, 0) is 6.54 Å². The second-order valence-corrected chi connectivity index (χ2v) is 4.07. The second-order valence-electron chi connectivity index (χ2n) is 3.09. The quantitative estimate of drug-likeness (QED) is 0.778. The Morgan fingerprint density at radius 3 is 3.00 bits per heavy atom. The van der Waals surface area contributed by atoms with Gasteiger partial charge in [-0.15, -0.1) is 0 Å². The fourth-order valence-electron chi connectivity index (χ4n) is 1.18. The van der Waals surface area contributed by atoms with Crippen LogP contribution in [-0.4, -0.2) is 18.6 Å². The SMILES string of the molecule is CSCCNCc1cc(C#N)ccc1F. The average molecular weight is 224 g/mol. The van der Waals surface area contributed by atoms with E-state index in [1.807, 2.05) is 12.3 Å². The summed E-state index contributed by atoms with van der Waals surface area (Å²) < 4.78 is 13.3. The van der Waals surface area contributed by atoms with E-state index in [2.05, 4.69) is 5.32 Å². The van der Waals surface area contributed by atoms with Crippen molar-refractivity contribution in [2.24, 2.45) is 0 Å². The molecule has 4 heteroatoms. The van der Waals surface area contributed by atoms with Gasteiger partial charge in [0, 0.05) is 24.4 Å². The summed E-state index contributed by atoms with van der Waals surface area (Å²) in [5.41, 5.74) is 1.05. The van der Waals surface area contributed by atoms with Crippen molar-refractivity contribution in [2.75, 3.05) is 18.6 Å². The molecule has 0 saturated carbocycles. The molecule has 0 spiro atoms. The Labute approximate surface area is 93.5 Å². The monoisotopic (exact) mass is 224 g/mol. The molecule has 0 aromatic heterocycles. The third kappa shape index (κ3) is 3.90. The molecular formula is C11H13FN2S. The summed E-state index contributed by atoms with van der Waals surface area (Å²) in [6.07, 6.45) is 2.03. The van der Waals surface area contributed by atoms with E-state index >= 15 is 0 Å². The highest BCUT2D eigenvalue weighted by molar-refractivity contribution is 7.98. The normalized spacial score (nSPS) is 9.93. The van der Waals surface area contributed by atoms with E-state index in [1.54, 1.807) is 17.8 Å². The number of nitriles is 1. The number of benzene rings is 1. The topological polar surface area (TPSA) is 35.8 Å². The minimum Gasteiger partial charge on any atom is -0.312 e. The summed E-state index contributed by atoms with van der Waals surface area (Å²) in [6.45, 7) is 1.32. The van der Waals surface area contributed by atoms with E-state index in [0.29, 0.717) is 17.7 Å². The Balaban J connectivity index is 2.56. The molecule has 0 bridgehead atoms. The second kappa shape index (κ2) is 6.44. The Kier molecular flexibility index (Phi) is 5.16. The van der Waals surface area contributed by atoms with Gasteiger partial charge < -0.3 is 5.32 Å². The van der Waals surface area contributed by atoms with Crippen LogP contribution in [0.1, 0.15) is 11.1 Å². The first kappa shape index (κ1) is 12.0. The minimum absolute atomic E-state index is 0.259. The maximum atomic E-state index is 13.3. The number of nitrogens with one attached hydrogen (secondary N) is 1. The number of thioether (sulfide) groups is 1. The summed E-state index contributed by atoms with van der Waals surface area (Å²) in [5, 5.41) is 11.8. The van der Waals surface area contributed by atoms with Crippen molar-refractivity contribution in [1.29, 1.82) is 5.26 Å². The number of nitrogens with zero attached hydrogens (tertiary/aromatic N) is 1. The van der Waals surface area contributed by atoms with E-state index in [-0.39, 0.29) is 5.82 Å². The molecule has 1 aromatic rings. The Bertz CT molecular complexity index is 360. The van der Waals surface area contributed by atoms with Crippen LogP contribution >= 0.6 is 11.8 Å². The van der Waals surface area contributed by atoms with Crippen LogP contribution in [0.15, 0.2) is 18.2 Å². The number of hydrogen-bond donors (Lipinski definition) is 1. The molecule has 0 heterocycles. The molecule has 0 atom stereocenters. The third-order valence-electron chi connectivity index (χ3n) is 1.97. The Morgan fingerprint density at radius 1 is 1.53 bits per heavy atom. The van der Waals surface area contributed by atoms with E-state index in [9.17, 15) is 4.39 Å². The van der Waals surface area contributed by atoms with E-state index in [1.165, 1.54) is 12.1 Å². The van der Waals surface area contributed by atoms with Crippen LogP contribution in [0, 0.1) is 17.1 Å². The van der Waals surface area contributed by atoms with Crippen LogP contribution in [0.25, 0.3) is 0 Å². The van der Waals surface area contributed by atoms with Crippen molar-refractivity contribution in [3.8, 4) is 6.07 Å². The van der Waals surface area contributed by atoms with Gasteiger partial charge in [-0.05, 0) is 24.5 Å². The minimum atomic E-state index is -0.259. The molecule has 0 aliphatic carbocycles.